The second-order valence-corrected chi connectivity index (χ2v) is 6.33. The number of carbonyl (C=O) groups is 1. The van der Waals surface area contributed by atoms with Gasteiger partial charge >= 0.3 is 0 Å². The van der Waals surface area contributed by atoms with Gasteiger partial charge in [-0.05, 0) is 32.3 Å². The van der Waals surface area contributed by atoms with E-state index in [4.69, 9.17) is 4.74 Å². The van der Waals surface area contributed by atoms with Crippen molar-refractivity contribution in [1.82, 2.24) is 14.9 Å². The number of amides is 1. The van der Waals surface area contributed by atoms with Gasteiger partial charge in [-0.3, -0.25) is 4.79 Å². The maximum Gasteiger partial charge on any atom is 0.227 e. The summed E-state index contributed by atoms with van der Waals surface area (Å²) in [6.45, 7) is 5.30. The number of piperidine rings is 1. The monoisotopic (exact) mass is 325 g/mol. The molecule has 24 heavy (non-hydrogen) atoms. The molecule has 0 saturated carbocycles. The first-order valence-electron chi connectivity index (χ1n) is 8.40. The van der Waals surface area contributed by atoms with E-state index in [1.807, 2.05) is 36.9 Å². The zero-order valence-corrected chi connectivity index (χ0v) is 14.2. The molecule has 2 aromatic rings. The predicted octanol–water partition coefficient (Wildman–Crippen LogP) is 2.71. The first kappa shape index (κ1) is 16.4. The van der Waals surface area contributed by atoms with Crippen LogP contribution in [-0.4, -0.2) is 40.0 Å². The van der Waals surface area contributed by atoms with Crippen LogP contribution < -0.4 is 4.74 Å². The summed E-state index contributed by atoms with van der Waals surface area (Å²) in [5.41, 5.74) is 2.24. The van der Waals surface area contributed by atoms with E-state index in [1.54, 1.807) is 12.3 Å². The van der Waals surface area contributed by atoms with E-state index < -0.39 is 0 Å². The number of hydrogen-bond acceptors (Lipinski definition) is 4. The summed E-state index contributed by atoms with van der Waals surface area (Å²) in [6.07, 6.45) is 4.03. The minimum atomic E-state index is -0.00508. The van der Waals surface area contributed by atoms with Crippen LogP contribution in [0.2, 0.25) is 0 Å². The fourth-order valence-corrected chi connectivity index (χ4v) is 3.04. The molecule has 0 N–H and O–H groups in total. The number of aryl methyl sites for hydroxylation is 2. The summed E-state index contributed by atoms with van der Waals surface area (Å²) in [4.78, 5) is 22.8. The molecule has 0 radical (unpaired) electrons. The lowest BCUT2D eigenvalue weighted by Crippen LogP contribution is -2.45. The van der Waals surface area contributed by atoms with E-state index >= 15 is 0 Å². The van der Waals surface area contributed by atoms with Gasteiger partial charge in [0.05, 0.1) is 13.0 Å². The summed E-state index contributed by atoms with van der Waals surface area (Å²) in [7, 11) is 0. The molecule has 1 fully saturated rings. The zero-order chi connectivity index (χ0) is 16.9. The molecule has 126 valence electrons. The SMILES string of the molecule is Cc1cccc(CC(=O)N2CCCC(Oc3ccnc(C)n3)C2)c1. The Morgan fingerprint density at radius 1 is 1.33 bits per heavy atom. The number of nitrogens with zero attached hydrogens (tertiary/aromatic N) is 3. The van der Waals surface area contributed by atoms with Crippen LogP contribution in [-0.2, 0) is 11.2 Å². The Morgan fingerprint density at radius 3 is 3.00 bits per heavy atom. The van der Waals surface area contributed by atoms with Gasteiger partial charge in [0, 0.05) is 18.8 Å². The second kappa shape index (κ2) is 7.43. The van der Waals surface area contributed by atoms with Gasteiger partial charge in [0.15, 0.2) is 0 Å². The van der Waals surface area contributed by atoms with Crippen LogP contribution in [0.4, 0.5) is 0 Å². The van der Waals surface area contributed by atoms with Gasteiger partial charge in [-0.25, -0.2) is 4.98 Å². The third-order valence-corrected chi connectivity index (χ3v) is 4.21. The molecule has 0 bridgehead atoms. The third kappa shape index (κ3) is 4.31. The van der Waals surface area contributed by atoms with Crippen molar-refractivity contribution >= 4 is 5.91 Å². The highest BCUT2D eigenvalue weighted by molar-refractivity contribution is 5.79. The smallest absolute Gasteiger partial charge is 0.227 e. The quantitative estimate of drug-likeness (QED) is 0.867. The molecule has 5 heteroatoms. The van der Waals surface area contributed by atoms with Gasteiger partial charge in [0.25, 0.3) is 0 Å². The van der Waals surface area contributed by atoms with E-state index in [9.17, 15) is 4.79 Å². The lowest BCUT2D eigenvalue weighted by molar-refractivity contribution is -0.133. The van der Waals surface area contributed by atoms with Gasteiger partial charge < -0.3 is 9.64 Å². The van der Waals surface area contributed by atoms with Crippen molar-refractivity contribution in [3.05, 3.63) is 53.5 Å². The molecule has 1 aromatic heterocycles. The molecule has 1 amide bonds. The summed E-state index contributed by atoms with van der Waals surface area (Å²) >= 11 is 0. The number of aromatic nitrogens is 2. The molecule has 3 rings (SSSR count). The minimum absolute atomic E-state index is 0.00508. The van der Waals surface area contributed by atoms with Crippen LogP contribution in [0.5, 0.6) is 5.88 Å². The number of likely N-dealkylation sites (tertiary alicyclic amines) is 1. The average Bonchev–Trinajstić information content (AvgIpc) is 2.55. The lowest BCUT2D eigenvalue weighted by Gasteiger charge is -2.32. The third-order valence-electron chi connectivity index (χ3n) is 4.21. The Labute approximate surface area is 142 Å². The van der Waals surface area contributed by atoms with Crippen LogP contribution in [0.1, 0.15) is 29.8 Å². The van der Waals surface area contributed by atoms with E-state index in [2.05, 4.69) is 16.0 Å². The van der Waals surface area contributed by atoms with Gasteiger partial charge in [-0.1, -0.05) is 29.8 Å². The Balaban J connectivity index is 1.59. The molecule has 1 aliphatic heterocycles. The summed E-state index contributed by atoms with van der Waals surface area (Å²) in [5.74, 6) is 1.43. The first-order chi connectivity index (χ1) is 11.6. The normalized spacial score (nSPS) is 17.6. The summed E-state index contributed by atoms with van der Waals surface area (Å²) < 4.78 is 5.94. The topological polar surface area (TPSA) is 55.3 Å². The largest absolute Gasteiger partial charge is 0.472 e. The maximum atomic E-state index is 12.6. The van der Waals surface area contributed by atoms with E-state index in [-0.39, 0.29) is 12.0 Å². The number of carbonyl (C=O) groups excluding carboxylic acids is 1. The summed E-state index contributed by atoms with van der Waals surface area (Å²) in [5, 5.41) is 0. The molecule has 2 heterocycles. The Bertz CT molecular complexity index is 717. The number of rotatable bonds is 4. The van der Waals surface area contributed by atoms with Gasteiger partial charge in [0.1, 0.15) is 11.9 Å². The molecule has 0 aliphatic carbocycles. The molecule has 1 unspecified atom stereocenters. The van der Waals surface area contributed by atoms with Crippen molar-refractivity contribution in [3.63, 3.8) is 0 Å². The van der Waals surface area contributed by atoms with Crippen LogP contribution in [0.3, 0.4) is 0 Å². The van der Waals surface area contributed by atoms with Gasteiger partial charge in [0.2, 0.25) is 11.8 Å². The van der Waals surface area contributed by atoms with E-state index in [0.717, 1.165) is 24.9 Å². The fraction of sp³-hybridized carbons (Fsp3) is 0.421. The zero-order valence-electron chi connectivity index (χ0n) is 14.2. The van der Waals surface area contributed by atoms with Crippen LogP contribution in [0.25, 0.3) is 0 Å². The van der Waals surface area contributed by atoms with Crippen molar-refractivity contribution in [2.75, 3.05) is 13.1 Å². The van der Waals surface area contributed by atoms with Gasteiger partial charge in [-0.2, -0.15) is 4.98 Å². The average molecular weight is 325 g/mol. The molecule has 1 aromatic carbocycles. The predicted molar refractivity (Wildman–Crippen MR) is 91.9 cm³/mol. The van der Waals surface area contributed by atoms with Crippen molar-refractivity contribution in [2.24, 2.45) is 0 Å². The molecular formula is C19H23N3O2. The highest BCUT2D eigenvalue weighted by atomic mass is 16.5. The standard InChI is InChI=1S/C19H23N3O2/c1-14-5-3-6-16(11-14)12-19(23)22-10-4-7-17(13-22)24-18-8-9-20-15(2)21-18/h3,5-6,8-9,11,17H,4,7,10,12-13H2,1-2H3. The Morgan fingerprint density at radius 2 is 2.21 bits per heavy atom. The Kier molecular flexibility index (Phi) is 5.08. The maximum absolute atomic E-state index is 12.6. The summed E-state index contributed by atoms with van der Waals surface area (Å²) in [6, 6.07) is 9.88. The highest BCUT2D eigenvalue weighted by Crippen LogP contribution is 2.18. The Hall–Kier alpha value is -2.43. The minimum Gasteiger partial charge on any atom is -0.472 e. The van der Waals surface area contributed by atoms with Crippen molar-refractivity contribution < 1.29 is 9.53 Å². The number of hydrogen-bond donors (Lipinski definition) is 0. The van der Waals surface area contributed by atoms with Crippen LogP contribution >= 0.6 is 0 Å². The van der Waals surface area contributed by atoms with E-state index in [1.165, 1.54) is 5.56 Å². The number of ether oxygens (including phenoxy) is 1. The first-order valence-corrected chi connectivity index (χ1v) is 8.40. The lowest BCUT2D eigenvalue weighted by atomic mass is 10.1. The van der Waals surface area contributed by atoms with E-state index in [0.29, 0.717) is 24.7 Å². The number of benzene rings is 1. The molecule has 5 nitrogen and oxygen atoms in total. The fourth-order valence-electron chi connectivity index (χ4n) is 3.04. The van der Waals surface area contributed by atoms with Crippen molar-refractivity contribution in [1.29, 1.82) is 0 Å². The van der Waals surface area contributed by atoms with Gasteiger partial charge in [-0.15, -0.1) is 0 Å². The van der Waals surface area contributed by atoms with Crippen LogP contribution in [0, 0.1) is 13.8 Å². The van der Waals surface area contributed by atoms with Crippen LogP contribution in [0.15, 0.2) is 36.5 Å². The molecule has 1 saturated heterocycles. The molecular weight excluding hydrogens is 302 g/mol. The molecule has 0 spiro atoms. The molecule has 1 aliphatic rings. The van der Waals surface area contributed by atoms with Crippen molar-refractivity contribution in [3.8, 4) is 5.88 Å². The molecule has 1 atom stereocenters. The van der Waals surface area contributed by atoms with Crippen molar-refractivity contribution in [2.45, 2.75) is 39.2 Å². The highest BCUT2D eigenvalue weighted by Gasteiger charge is 2.25. The second-order valence-electron chi connectivity index (χ2n) is 6.33.